The normalized spacial score (nSPS) is 10.5. The number of aliphatic hydroxyl groups is 1. The smallest absolute Gasteiger partial charge is 0.298 e. The zero-order chi connectivity index (χ0) is 12.7. The Labute approximate surface area is 101 Å². The lowest BCUT2D eigenvalue weighted by molar-refractivity contribution is 0.305. The summed E-state index contributed by atoms with van der Waals surface area (Å²) in [6, 6.07) is 6.73. The van der Waals surface area contributed by atoms with Crippen LogP contribution in [0.5, 0.6) is 0 Å². The van der Waals surface area contributed by atoms with Gasteiger partial charge in [-0.1, -0.05) is 17.9 Å². The molecule has 1 aromatic rings. The summed E-state index contributed by atoms with van der Waals surface area (Å²) in [5.41, 5.74) is 1.13. The van der Waals surface area contributed by atoms with Crippen molar-refractivity contribution in [3.63, 3.8) is 0 Å². The zero-order valence-electron chi connectivity index (χ0n) is 9.40. The van der Waals surface area contributed by atoms with Crippen LogP contribution in [0.1, 0.15) is 12.0 Å². The number of nitrogens with one attached hydrogen (secondary N) is 2. The minimum Gasteiger partial charge on any atom is -0.395 e. The Balaban J connectivity index is 2.84. The molecule has 3 N–H and O–H groups in total. The second kappa shape index (κ2) is 6.25. The molecule has 0 radical (unpaired) electrons. The predicted octanol–water partition coefficient (Wildman–Crippen LogP) is 0.297. The van der Waals surface area contributed by atoms with Crippen molar-refractivity contribution in [1.29, 1.82) is 0 Å². The third kappa shape index (κ3) is 4.87. The van der Waals surface area contributed by atoms with Crippen LogP contribution in [0.15, 0.2) is 24.3 Å². The summed E-state index contributed by atoms with van der Waals surface area (Å²) in [4.78, 5) is 0. The van der Waals surface area contributed by atoms with Gasteiger partial charge >= 0.3 is 0 Å². The number of rotatable bonds is 4. The Bertz CT molecular complexity index is 529. The minimum absolute atomic E-state index is 0.0130. The van der Waals surface area contributed by atoms with Crippen molar-refractivity contribution < 1.29 is 13.5 Å². The maximum Gasteiger partial charge on any atom is 0.298 e. The molecule has 0 heterocycles. The van der Waals surface area contributed by atoms with Crippen LogP contribution >= 0.6 is 0 Å². The number of hydrogen-bond acceptors (Lipinski definition) is 3. The topological polar surface area (TPSA) is 78.4 Å². The van der Waals surface area contributed by atoms with Crippen LogP contribution in [0.2, 0.25) is 0 Å². The van der Waals surface area contributed by atoms with Gasteiger partial charge in [-0.15, -0.1) is 0 Å². The largest absolute Gasteiger partial charge is 0.395 e. The summed E-state index contributed by atoms with van der Waals surface area (Å²) < 4.78 is 27.0. The molecule has 0 amide bonds. The maximum atomic E-state index is 11.2. The lowest BCUT2D eigenvalue weighted by Crippen LogP contribution is -2.26. The third-order valence-corrected chi connectivity index (χ3v) is 2.89. The fraction of sp³-hybridized carbons (Fsp3) is 0.273. The van der Waals surface area contributed by atoms with E-state index in [0.29, 0.717) is 17.7 Å². The molecule has 17 heavy (non-hydrogen) atoms. The molecule has 0 atom stereocenters. The molecule has 1 rings (SSSR count). The second-order valence-electron chi connectivity index (χ2n) is 3.17. The summed E-state index contributed by atoms with van der Waals surface area (Å²) in [7, 11) is -2.18. The predicted molar refractivity (Wildman–Crippen MR) is 66.6 cm³/mol. The molecular weight excluding hydrogens is 240 g/mol. The minimum atomic E-state index is -3.50. The Morgan fingerprint density at radius 1 is 1.41 bits per heavy atom. The number of anilines is 1. The molecular formula is C11H14N2O3S. The molecule has 92 valence electrons. The van der Waals surface area contributed by atoms with Crippen molar-refractivity contribution in [3.05, 3.63) is 29.8 Å². The van der Waals surface area contributed by atoms with E-state index in [4.69, 9.17) is 5.11 Å². The first kappa shape index (κ1) is 13.5. The first-order valence-electron chi connectivity index (χ1n) is 4.98. The van der Waals surface area contributed by atoms with Gasteiger partial charge in [-0.3, -0.25) is 4.72 Å². The van der Waals surface area contributed by atoms with Gasteiger partial charge in [-0.05, 0) is 18.2 Å². The Morgan fingerprint density at radius 2 is 2.18 bits per heavy atom. The quantitative estimate of drug-likeness (QED) is 0.676. The van der Waals surface area contributed by atoms with Crippen LogP contribution in [0, 0.1) is 11.8 Å². The van der Waals surface area contributed by atoms with Gasteiger partial charge in [-0.25, -0.2) is 4.72 Å². The maximum absolute atomic E-state index is 11.2. The summed E-state index contributed by atoms with van der Waals surface area (Å²) in [5.74, 6) is 5.59. The molecule has 0 aliphatic rings. The highest BCUT2D eigenvalue weighted by Gasteiger charge is 2.05. The van der Waals surface area contributed by atoms with Crippen LogP contribution in [-0.4, -0.2) is 27.2 Å². The highest BCUT2D eigenvalue weighted by molar-refractivity contribution is 7.90. The Morgan fingerprint density at radius 3 is 2.82 bits per heavy atom. The molecule has 0 aliphatic carbocycles. The van der Waals surface area contributed by atoms with E-state index in [-0.39, 0.29) is 6.61 Å². The lowest BCUT2D eigenvalue weighted by atomic mass is 10.2. The van der Waals surface area contributed by atoms with Crippen molar-refractivity contribution in [1.82, 2.24) is 4.72 Å². The molecule has 1 aromatic carbocycles. The molecule has 0 aromatic heterocycles. The monoisotopic (exact) mass is 254 g/mol. The fourth-order valence-corrected chi connectivity index (χ4v) is 1.63. The highest BCUT2D eigenvalue weighted by atomic mass is 32.2. The van der Waals surface area contributed by atoms with Gasteiger partial charge in [0.05, 0.1) is 12.3 Å². The summed E-state index contributed by atoms with van der Waals surface area (Å²) in [6.07, 6.45) is 0.395. The third-order valence-electron chi connectivity index (χ3n) is 1.85. The van der Waals surface area contributed by atoms with Crippen LogP contribution in [0.25, 0.3) is 0 Å². The highest BCUT2D eigenvalue weighted by Crippen LogP contribution is 2.10. The SMILES string of the molecule is CNS(=O)(=O)Nc1cccc(C#CCCO)c1. The average molecular weight is 254 g/mol. The van der Waals surface area contributed by atoms with Gasteiger partial charge in [0, 0.05) is 19.0 Å². The standard InChI is InChI=1S/C11H14N2O3S/c1-12-17(15,16)13-11-7-4-6-10(9-11)5-2-3-8-14/h4,6-7,9,12-14H,3,8H2,1H3. The van der Waals surface area contributed by atoms with Crippen molar-refractivity contribution in [2.75, 3.05) is 18.4 Å². The molecule has 0 bridgehead atoms. The zero-order valence-corrected chi connectivity index (χ0v) is 10.2. The average Bonchev–Trinajstić information content (AvgIpc) is 2.29. The van der Waals surface area contributed by atoms with Crippen molar-refractivity contribution in [3.8, 4) is 11.8 Å². The number of hydrogen-bond donors (Lipinski definition) is 3. The van der Waals surface area contributed by atoms with E-state index in [9.17, 15) is 8.42 Å². The van der Waals surface area contributed by atoms with E-state index in [1.165, 1.54) is 7.05 Å². The molecule has 5 nitrogen and oxygen atoms in total. The Hall–Kier alpha value is -1.55. The number of benzene rings is 1. The van der Waals surface area contributed by atoms with Crippen molar-refractivity contribution in [2.45, 2.75) is 6.42 Å². The second-order valence-corrected chi connectivity index (χ2v) is 4.79. The number of aliphatic hydroxyl groups excluding tert-OH is 1. The van der Waals surface area contributed by atoms with Crippen molar-refractivity contribution >= 4 is 15.9 Å². The van der Waals surface area contributed by atoms with Gasteiger partial charge < -0.3 is 5.11 Å². The fourth-order valence-electron chi connectivity index (χ4n) is 1.09. The summed E-state index contributed by atoms with van der Waals surface area (Å²) in [6.45, 7) is 0.0130. The molecule has 0 fully saturated rings. The van der Waals surface area contributed by atoms with E-state index in [1.54, 1.807) is 24.3 Å². The van der Waals surface area contributed by atoms with E-state index >= 15 is 0 Å². The Kier molecular flexibility index (Phi) is 4.97. The first-order valence-corrected chi connectivity index (χ1v) is 6.47. The van der Waals surface area contributed by atoms with E-state index in [0.717, 1.165) is 0 Å². The molecule has 0 saturated carbocycles. The molecule has 0 spiro atoms. The van der Waals surface area contributed by atoms with E-state index in [1.807, 2.05) is 0 Å². The summed E-state index contributed by atoms with van der Waals surface area (Å²) >= 11 is 0. The molecule has 0 saturated heterocycles. The van der Waals surface area contributed by atoms with Crippen LogP contribution < -0.4 is 9.44 Å². The van der Waals surface area contributed by atoms with Crippen LogP contribution in [-0.2, 0) is 10.2 Å². The van der Waals surface area contributed by atoms with Gasteiger partial charge in [0.15, 0.2) is 0 Å². The van der Waals surface area contributed by atoms with Crippen LogP contribution in [0.4, 0.5) is 5.69 Å². The van der Waals surface area contributed by atoms with Gasteiger partial charge in [-0.2, -0.15) is 8.42 Å². The van der Waals surface area contributed by atoms with Gasteiger partial charge in [0.1, 0.15) is 0 Å². The molecule has 0 unspecified atom stereocenters. The molecule has 6 heteroatoms. The summed E-state index contributed by atoms with van der Waals surface area (Å²) in [5, 5.41) is 8.58. The van der Waals surface area contributed by atoms with Gasteiger partial charge in [0.2, 0.25) is 0 Å². The van der Waals surface area contributed by atoms with Crippen molar-refractivity contribution in [2.24, 2.45) is 0 Å². The first-order chi connectivity index (χ1) is 8.07. The lowest BCUT2D eigenvalue weighted by Gasteiger charge is -2.06. The van der Waals surface area contributed by atoms with E-state index in [2.05, 4.69) is 21.3 Å². The van der Waals surface area contributed by atoms with Crippen LogP contribution in [0.3, 0.4) is 0 Å². The van der Waals surface area contributed by atoms with Gasteiger partial charge in [0.25, 0.3) is 10.2 Å². The van der Waals surface area contributed by atoms with E-state index < -0.39 is 10.2 Å². The molecule has 0 aliphatic heterocycles.